The van der Waals surface area contributed by atoms with Crippen molar-refractivity contribution in [3.05, 3.63) is 36.5 Å². The van der Waals surface area contributed by atoms with Crippen LogP contribution in [0.1, 0.15) is 32.1 Å². The van der Waals surface area contributed by atoms with Gasteiger partial charge in [0, 0.05) is 25.7 Å². The fourth-order valence-electron chi connectivity index (χ4n) is 3.71. The Kier molecular flexibility index (Phi) is 5.38. The Morgan fingerprint density at radius 2 is 2.18 bits per heavy atom. The fraction of sp³-hybridized carbons (Fsp3) is 0.400. The van der Waals surface area contributed by atoms with Gasteiger partial charge in [-0.15, -0.1) is 11.3 Å². The van der Waals surface area contributed by atoms with Gasteiger partial charge in [0.05, 0.1) is 17.3 Å². The first-order valence-corrected chi connectivity index (χ1v) is 10.4. The van der Waals surface area contributed by atoms with E-state index in [4.69, 9.17) is 4.98 Å². The minimum atomic E-state index is 0.151. The zero-order chi connectivity index (χ0) is 19.5. The molecule has 1 fully saturated rings. The van der Waals surface area contributed by atoms with Crippen molar-refractivity contribution in [2.24, 2.45) is 13.0 Å². The molecule has 0 saturated heterocycles. The smallest absolute Gasteiger partial charge is 0.230 e. The van der Waals surface area contributed by atoms with E-state index >= 15 is 0 Å². The van der Waals surface area contributed by atoms with E-state index in [0.29, 0.717) is 24.3 Å². The predicted molar refractivity (Wildman–Crippen MR) is 113 cm³/mol. The average Bonchev–Trinajstić information content (AvgIpc) is 3.32. The van der Waals surface area contributed by atoms with Crippen molar-refractivity contribution >= 4 is 44.8 Å². The van der Waals surface area contributed by atoms with Gasteiger partial charge in [0.15, 0.2) is 5.78 Å². The van der Waals surface area contributed by atoms with Crippen molar-refractivity contribution in [3.63, 3.8) is 0 Å². The fourth-order valence-corrected chi connectivity index (χ4v) is 4.47. The molecule has 0 aliphatic heterocycles. The van der Waals surface area contributed by atoms with E-state index in [1.54, 1.807) is 22.2 Å². The number of carbonyl (C=O) groups is 1. The molecule has 0 unspecified atom stereocenters. The molecule has 0 amide bonds. The number of hydrogen-bond acceptors (Lipinski definition) is 7. The van der Waals surface area contributed by atoms with Crippen molar-refractivity contribution in [3.8, 4) is 0 Å². The highest BCUT2D eigenvalue weighted by molar-refractivity contribution is 7.16. The molecule has 4 rings (SSSR count). The van der Waals surface area contributed by atoms with E-state index in [1.807, 2.05) is 18.6 Å². The Labute approximate surface area is 167 Å². The monoisotopic (exact) mass is 396 g/mol. The number of fused-ring (bicyclic) bond motifs is 1. The van der Waals surface area contributed by atoms with Gasteiger partial charge in [-0.1, -0.05) is 6.58 Å². The highest BCUT2D eigenvalue weighted by atomic mass is 32.1. The maximum absolute atomic E-state index is 11.6. The molecule has 28 heavy (non-hydrogen) atoms. The molecule has 3 aromatic heterocycles. The molecule has 0 atom stereocenters. The topological polar surface area (TPSA) is 84.7 Å². The third-order valence-corrected chi connectivity index (χ3v) is 6.00. The minimum absolute atomic E-state index is 0.151. The summed E-state index contributed by atoms with van der Waals surface area (Å²) in [6, 6.07) is 2.42. The van der Waals surface area contributed by atoms with Crippen molar-refractivity contribution in [1.29, 1.82) is 0 Å². The summed E-state index contributed by atoms with van der Waals surface area (Å²) in [5.41, 5.74) is 0.858. The molecule has 1 aliphatic rings. The second-order valence-corrected chi connectivity index (χ2v) is 8.19. The molecule has 0 aromatic carbocycles. The molecule has 8 heteroatoms. The first kappa shape index (κ1) is 18.6. The summed E-state index contributed by atoms with van der Waals surface area (Å²) in [6.45, 7) is 3.57. The average molecular weight is 397 g/mol. The number of allylic oxidation sites excluding steroid dienone is 1. The van der Waals surface area contributed by atoms with E-state index in [0.717, 1.165) is 47.4 Å². The highest BCUT2D eigenvalue weighted by Gasteiger charge is 2.23. The number of nitrogens with one attached hydrogen (secondary N) is 2. The van der Waals surface area contributed by atoms with Crippen LogP contribution in [0.5, 0.6) is 0 Å². The standard InChI is InChI=1S/C20H24N6OS/c1-3-16(27)10-13-4-6-14(7-5-13)22-18-17-8-9-28-19(17)25-20(24-18)23-15-11-21-26(2)12-15/h3,8-9,11-14H,1,4-7,10H2,2H3,(H2,22,23,24,25). The number of carbonyl (C=O) groups excluding carboxylic acids is 1. The number of nitrogens with zero attached hydrogens (tertiary/aromatic N) is 4. The van der Waals surface area contributed by atoms with Crippen LogP contribution in [-0.4, -0.2) is 31.6 Å². The van der Waals surface area contributed by atoms with Gasteiger partial charge in [-0.05, 0) is 49.1 Å². The van der Waals surface area contributed by atoms with Crippen LogP contribution in [0.25, 0.3) is 10.2 Å². The molecule has 0 spiro atoms. The maximum atomic E-state index is 11.6. The molecule has 3 heterocycles. The Balaban J connectivity index is 1.47. The van der Waals surface area contributed by atoms with E-state index in [2.05, 4.69) is 33.4 Å². The number of thiophene rings is 1. The molecular formula is C20H24N6OS. The molecule has 0 bridgehead atoms. The molecule has 1 saturated carbocycles. The SMILES string of the molecule is C=CC(=O)CC1CCC(Nc2nc(Nc3cnn(C)c3)nc3sccc23)CC1. The third kappa shape index (κ3) is 4.22. The van der Waals surface area contributed by atoms with Crippen molar-refractivity contribution in [2.75, 3.05) is 10.6 Å². The first-order valence-electron chi connectivity index (χ1n) is 9.53. The summed E-state index contributed by atoms with van der Waals surface area (Å²) in [6.07, 6.45) is 9.88. The van der Waals surface area contributed by atoms with Crippen LogP contribution in [0.4, 0.5) is 17.5 Å². The largest absolute Gasteiger partial charge is 0.367 e. The lowest BCUT2D eigenvalue weighted by Crippen LogP contribution is -2.27. The van der Waals surface area contributed by atoms with Crippen LogP contribution in [0.3, 0.4) is 0 Å². The van der Waals surface area contributed by atoms with Gasteiger partial charge in [0.2, 0.25) is 5.95 Å². The molecule has 2 N–H and O–H groups in total. The zero-order valence-electron chi connectivity index (χ0n) is 15.9. The van der Waals surface area contributed by atoms with Crippen LogP contribution in [0.2, 0.25) is 0 Å². The number of anilines is 3. The van der Waals surface area contributed by atoms with Gasteiger partial charge in [0.25, 0.3) is 0 Å². The third-order valence-electron chi connectivity index (χ3n) is 5.19. The molecular weight excluding hydrogens is 372 g/mol. The second-order valence-electron chi connectivity index (χ2n) is 7.30. The second kappa shape index (κ2) is 8.10. The Morgan fingerprint density at radius 3 is 2.89 bits per heavy atom. The minimum Gasteiger partial charge on any atom is -0.367 e. The quantitative estimate of drug-likeness (QED) is 0.580. The molecule has 146 valence electrons. The maximum Gasteiger partial charge on any atom is 0.230 e. The number of rotatable bonds is 7. The number of aryl methyl sites for hydroxylation is 1. The van der Waals surface area contributed by atoms with Gasteiger partial charge >= 0.3 is 0 Å². The summed E-state index contributed by atoms with van der Waals surface area (Å²) in [7, 11) is 1.88. The summed E-state index contributed by atoms with van der Waals surface area (Å²) in [5, 5.41) is 14.1. The Hall–Kier alpha value is -2.74. The van der Waals surface area contributed by atoms with E-state index < -0.39 is 0 Å². The number of hydrogen-bond donors (Lipinski definition) is 2. The van der Waals surface area contributed by atoms with E-state index in [9.17, 15) is 4.79 Å². The van der Waals surface area contributed by atoms with Gasteiger partial charge in [0.1, 0.15) is 10.6 Å². The van der Waals surface area contributed by atoms with E-state index in [1.165, 1.54) is 6.08 Å². The van der Waals surface area contributed by atoms with E-state index in [-0.39, 0.29) is 5.78 Å². The van der Waals surface area contributed by atoms with Crippen LogP contribution < -0.4 is 10.6 Å². The van der Waals surface area contributed by atoms with Gasteiger partial charge < -0.3 is 10.6 Å². The lowest BCUT2D eigenvalue weighted by molar-refractivity contribution is -0.115. The van der Waals surface area contributed by atoms with Crippen LogP contribution in [0.15, 0.2) is 36.5 Å². The molecule has 3 aromatic rings. The lowest BCUT2D eigenvalue weighted by atomic mass is 9.83. The predicted octanol–water partition coefficient (Wildman–Crippen LogP) is 4.28. The summed E-state index contributed by atoms with van der Waals surface area (Å²) < 4.78 is 1.74. The summed E-state index contributed by atoms with van der Waals surface area (Å²) in [4.78, 5) is 21.9. The van der Waals surface area contributed by atoms with Gasteiger partial charge in [-0.2, -0.15) is 10.1 Å². The molecule has 1 aliphatic carbocycles. The van der Waals surface area contributed by atoms with Crippen molar-refractivity contribution in [2.45, 2.75) is 38.1 Å². The lowest BCUT2D eigenvalue weighted by Gasteiger charge is -2.29. The normalized spacial score (nSPS) is 19.5. The number of ketones is 1. The Morgan fingerprint density at radius 1 is 1.36 bits per heavy atom. The summed E-state index contributed by atoms with van der Waals surface area (Å²) in [5.74, 6) is 2.05. The van der Waals surface area contributed by atoms with Crippen LogP contribution in [0, 0.1) is 5.92 Å². The summed E-state index contributed by atoms with van der Waals surface area (Å²) >= 11 is 1.60. The Bertz CT molecular complexity index is 986. The van der Waals surface area contributed by atoms with Crippen LogP contribution >= 0.6 is 11.3 Å². The molecule has 7 nitrogen and oxygen atoms in total. The van der Waals surface area contributed by atoms with Gasteiger partial charge in [-0.25, -0.2) is 4.98 Å². The first-order chi connectivity index (χ1) is 13.6. The van der Waals surface area contributed by atoms with Crippen LogP contribution in [-0.2, 0) is 11.8 Å². The van der Waals surface area contributed by atoms with Crippen molar-refractivity contribution < 1.29 is 4.79 Å². The highest BCUT2D eigenvalue weighted by Crippen LogP contribution is 2.32. The van der Waals surface area contributed by atoms with Crippen molar-refractivity contribution in [1.82, 2.24) is 19.7 Å². The molecule has 0 radical (unpaired) electrons. The number of aromatic nitrogens is 4. The zero-order valence-corrected chi connectivity index (χ0v) is 16.7. The van der Waals surface area contributed by atoms with Gasteiger partial charge in [-0.3, -0.25) is 9.48 Å².